The Labute approximate surface area is 469 Å². The molecule has 0 fully saturated rings. The molecule has 10 heteroatoms. The Morgan fingerprint density at radius 1 is 0.408 bits per heavy atom. The van der Waals surface area contributed by atoms with Crippen LogP contribution in [0.25, 0.3) is 0 Å². The monoisotopic (exact) mass is 1090 g/mol. The van der Waals surface area contributed by atoms with E-state index in [-0.39, 0.29) is 38.6 Å². The van der Waals surface area contributed by atoms with Gasteiger partial charge in [0.05, 0.1) is 13.2 Å². The molecule has 0 bridgehead atoms. The molecule has 2 atom stereocenters. The van der Waals surface area contributed by atoms with E-state index in [1.54, 1.807) is 0 Å². The number of esters is 2. The van der Waals surface area contributed by atoms with E-state index in [2.05, 4.69) is 74.6 Å². The van der Waals surface area contributed by atoms with E-state index in [0.29, 0.717) is 6.42 Å². The summed E-state index contributed by atoms with van der Waals surface area (Å²) < 4.78 is 33.1. The molecule has 0 radical (unpaired) electrons. The minimum atomic E-state index is -4.39. The van der Waals surface area contributed by atoms with Crippen molar-refractivity contribution in [2.45, 2.75) is 322 Å². The molecular weight excluding hydrogens is 966 g/mol. The SMILES string of the molecule is CC/C=C\C/C=C\C/C=C\C/C=C\C/C=C\CCCCCCCCCC(=O)OC(COC(=O)CCCCCCCCCCCCCCCCCCCCCCCCCCCCCCCCCC)COP(=O)(O)OCCN. The molecule has 0 spiro atoms. The van der Waals surface area contributed by atoms with E-state index in [0.717, 1.165) is 77.0 Å². The summed E-state index contributed by atoms with van der Waals surface area (Å²) in [7, 11) is -4.39. The van der Waals surface area contributed by atoms with Crippen LogP contribution in [0, 0.1) is 0 Å². The molecule has 76 heavy (non-hydrogen) atoms. The highest BCUT2D eigenvalue weighted by Crippen LogP contribution is 2.43. The Kier molecular flexibility index (Phi) is 60.0. The summed E-state index contributed by atoms with van der Waals surface area (Å²) in [5, 5.41) is 0. The smallest absolute Gasteiger partial charge is 0.462 e. The fourth-order valence-corrected chi connectivity index (χ4v) is 10.2. The van der Waals surface area contributed by atoms with Gasteiger partial charge in [-0.3, -0.25) is 18.6 Å². The molecule has 0 aliphatic carbocycles. The molecular formula is C66H122NO8P. The Bertz CT molecular complexity index is 1430. The molecule has 0 aromatic carbocycles. The van der Waals surface area contributed by atoms with Crippen molar-refractivity contribution in [2.24, 2.45) is 5.73 Å². The summed E-state index contributed by atoms with van der Waals surface area (Å²) in [6.07, 6.45) is 78.8. The molecule has 0 aliphatic rings. The second kappa shape index (κ2) is 61.9. The molecule has 0 heterocycles. The van der Waals surface area contributed by atoms with Crippen molar-refractivity contribution in [3.05, 3.63) is 60.8 Å². The van der Waals surface area contributed by atoms with Gasteiger partial charge in [0.2, 0.25) is 0 Å². The summed E-state index contributed by atoms with van der Waals surface area (Å²) in [6, 6.07) is 0. The molecule has 0 rings (SSSR count). The van der Waals surface area contributed by atoms with Gasteiger partial charge in [-0.1, -0.05) is 306 Å². The number of hydrogen-bond acceptors (Lipinski definition) is 8. The van der Waals surface area contributed by atoms with Gasteiger partial charge in [0.15, 0.2) is 6.10 Å². The number of unbranched alkanes of at least 4 members (excludes halogenated alkanes) is 38. The Hall–Kier alpha value is -2.29. The first-order chi connectivity index (χ1) is 37.3. The molecule has 0 saturated heterocycles. The zero-order valence-electron chi connectivity index (χ0n) is 49.7. The van der Waals surface area contributed by atoms with Gasteiger partial charge in [-0.15, -0.1) is 0 Å². The molecule has 9 nitrogen and oxygen atoms in total. The van der Waals surface area contributed by atoms with Gasteiger partial charge in [-0.05, 0) is 57.8 Å². The maximum atomic E-state index is 12.7. The number of allylic oxidation sites excluding steroid dienone is 10. The van der Waals surface area contributed by atoms with E-state index in [4.69, 9.17) is 24.3 Å². The number of carbonyl (C=O) groups excluding carboxylic acids is 2. The highest BCUT2D eigenvalue weighted by atomic mass is 31.2. The van der Waals surface area contributed by atoms with Crippen molar-refractivity contribution in [1.29, 1.82) is 0 Å². The first-order valence-electron chi connectivity index (χ1n) is 32.3. The van der Waals surface area contributed by atoms with Gasteiger partial charge >= 0.3 is 19.8 Å². The van der Waals surface area contributed by atoms with E-state index >= 15 is 0 Å². The Morgan fingerprint density at radius 2 is 0.724 bits per heavy atom. The van der Waals surface area contributed by atoms with Crippen LogP contribution in [0.4, 0.5) is 0 Å². The fraction of sp³-hybridized carbons (Fsp3) is 0.818. The average Bonchev–Trinajstić information content (AvgIpc) is 3.41. The Morgan fingerprint density at radius 3 is 1.08 bits per heavy atom. The number of ether oxygens (including phenoxy) is 2. The number of hydrogen-bond donors (Lipinski definition) is 2. The number of phosphoric acid groups is 1. The van der Waals surface area contributed by atoms with Gasteiger partial charge in [-0.2, -0.15) is 0 Å². The summed E-state index contributed by atoms with van der Waals surface area (Å²) in [6.45, 7) is 3.66. The zero-order valence-corrected chi connectivity index (χ0v) is 50.6. The van der Waals surface area contributed by atoms with Crippen LogP contribution in [-0.2, 0) is 32.7 Å². The fourth-order valence-electron chi connectivity index (χ4n) is 9.43. The highest BCUT2D eigenvalue weighted by Gasteiger charge is 2.26. The summed E-state index contributed by atoms with van der Waals surface area (Å²) in [4.78, 5) is 35.3. The van der Waals surface area contributed by atoms with Crippen molar-refractivity contribution in [3.8, 4) is 0 Å². The van der Waals surface area contributed by atoms with Gasteiger partial charge < -0.3 is 20.1 Å². The molecule has 0 amide bonds. The van der Waals surface area contributed by atoms with Crippen LogP contribution < -0.4 is 5.73 Å². The number of carbonyl (C=O) groups is 2. The molecule has 3 N–H and O–H groups in total. The summed E-state index contributed by atoms with van der Waals surface area (Å²) >= 11 is 0. The van der Waals surface area contributed by atoms with Gasteiger partial charge in [0.25, 0.3) is 0 Å². The largest absolute Gasteiger partial charge is 0.472 e. The molecule has 0 saturated carbocycles. The maximum absolute atomic E-state index is 12.7. The second-order valence-electron chi connectivity index (χ2n) is 21.6. The van der Waals surface area contributed by atoms with E-state index in [9.17, 15) is 19.0 Å². The van der Waals surface area contributed by atoms with Crippen molar-refractivity contribution >= 4 is 19.8 Å². The minimum absolute atomic E-state index is 0.0504. The highest BCUT2D eigenvalue weighted by molar-refractivity contribution is 7.47. The van der Waals surface area contributed by atoms with Crippen LogP contribution in [-0.4, -0.2) is 49.3 Å². The molecule has 0 aliphatic heterocycles. The third-order valence-electron chi connectivity index (χ3n) is 14.2. The van der Waals surface area contributed by atoms with Crippen LogP contribution >= 0.6 is 7.82 Å². The topological polar surface area (TPSA) is 134 Å². The van der Waals surface area contributed by atoms with Crippen molar-refractivity contribution in [3.63, 3.8) is 0 Å². The number of phosphoric ester groups is 1. The molecule has 444 valence electrons. The second-order valence-corrected chi connectivity index (χ2v) is 23.1. The lowest BCUT2D eigenvalue weighted by atomic mass is 10.0. The van der Waals surface area contributed by atoms with Crippen LogP contribution in [0.1, 0.15) is 316 Å². The average molecular weight is 1090 g/mol. The standard InChI is InChI=1S/C66H122NO8P/c1-3-5-7-9-11-13-15-17-19-21-23-25-27-28-29-30-31-32-33-34-35-37-38-40-42-44-46-48-50-52-54-56-58-65(68)72-62-64(63-74-76(70,71)73-61-60-67)75-66(69)59-57-55-53-51-49-47-45-43-41-39-36-26-24-22-20-18-16-14-12-10-8-6-4-2/h6,8,12,14,18,20,24,26,39,41,64H,3-5,7,9-11,13,15-17,19,21-23,25,27-38,40,42-63,67H2,1-2H3,(H,70,71)/b8-6-,14-12-,20-18-,26-24-,41-39-. The van der Waals surface area contributed by atoms with Crippen molar-refractivity contribution < 1.29 is 37.6 Å². The first kappa shape index (κ1) is 73.7. The van der Waals surface area contributed by atoms with E-state index in [1.807, 2.05) is 0 Å². The van der Waals surface area contributed by atoms with Gasteiger partial charge in [-0.25, -0.2) is 4.57 Å². The lowest BCUT2D eigenvalue weighted by Crippen LogP contribution is -2.29. The van der Waals surface area contributed by atoms with Crippen molar-refractivity contribution in [2.75, 3.05) is 26.4 Å². The minimum Gasteiger partial charge on any atom is -0.462 e. The quantitative estimate of drug-likeness (QED) is 0.0264. The number of nitrogens with two attached hydrogens (primary N) is 1. The lowest BCUT2D eigenvalue weighted by molar-refractivity contribution is -0.161. The van der Waals surface area contributed by atoms with Gasteiger partial charge in [0.1, 0.15) is 6.61 Å². The molecule has 0 aromatic heterocycles. The molecule has 2 unspecified atom stereocenters. The van der Waals surface area contributed by atoms with E-state index in [1.165, 1.54) is 205 Å². The van der Waals surface area contributed by atoms with E-state index < -0.39 is 26.5 Å². The summed E-state index contributed by atoms with van der Waals surface area (Å²) in [5.74, 6) is -0.829. The first-order valence-corrected chi connectivity index (χ1v) is 33.8. The van der Waals surface area contributed by atoms with Crippen LogP contribution in [0.5, 0.6) is 0 Å². The normalized spacial score (nSPS) is 13.4. The predicted molar refractivity (Wildman–Crippen MR) is 326 cm³/mol. The molecule has 0 aromatic rings. The predicted octanol–water partition coefficient (Wildman–Crippen LogP) is 20.7. The van der Waals surface area contributed by atoms with Crippen LogP contribution in [0.15, 0.2) is 60.8 Å². The zero-order chi connectivity index (χ0) is 55.2. The van der Waals surface area contributed by atoms with Crippen LogP contribution in [0.2, 0.25) is 0 Å². The third-order valence-corrected chi connectivity index (χ3v) is 15.2. The van der Waals surface area contributed by atoms with Crippen LogP contribution in [0.3, 0.4) is 0 Å². The van der Waals surface area contributed by atoms with Crippen molar-refractivity contribution in [1.82, 2.24) is 0 Å². The number of rotatable bonds is 61. The summed E-state index contributed by atoms with van der Waals surface area (Å²) in [5.41, 5.74) is 5.39. The van der Waals surface area contributed by atoms with Gasteiger partial charge in [0, 0.05) is 19.4 Å². The third kappa shape index (κ3) is 60.9. The Balaban J connectivity index is 3.87. The maximum Gasteiger partial charge on any atom is 0.472 e. The lowest BCUT2D eigenvalue weighted by Gasteiger charge is -2.19.